The van der Waals surface area contributed by atoms with Crippen molar-refractivity contribution in [2.75, 3.05) is 26.4 Å². The zero-order valence-electron chi connectivity index (χ0n) is 22.1. The van der Waals surface area contributed by atoms with Crippen molar-refractivity contribution in [2.24, 2.45) is 5.41 Å². The number of ether oxygens (including phenoxy) is 4. The summed E-state index contributed by atoms with van der Waals surface area (Å²) in [6.45, 7) is -22.8. The zero-order chi connectivity index (χ0) is 37.4. The second kappa shape index (κ2) is 14.0. The van der Waals surface area contributed by atoms with Crippen molar-refractivity contribution in [1.29, 1.82) is 0 Å². The minimum absolute atomic E-state index is 0.952. The van der Waals surface area contributed by atoms with Gasteiger partial charge in [0.05, 0.1) is 0 Å². The van der Waals surface area contributed by atoms with Gasteiger partial charge >= 0.3 is 235 Å². The number of hydrogen-bond acceptors (Lipinski definition) is 7. The van der Waals surface area contributed by atoms with Gasteiger partial charge in [0, 0.05) is 0 Å². The minimum atomic E-state index is -6.73. The summed E-state index contributed by atoms with van der Waals surface area (Å²) in [5.41, 5.74) is -18.6. The molecule has 27 heteroatoms. The van der Waals surface area contributed by atoms with E-state index in [1.54, 1.807) is 0 Å². The second-order valence-corrected chi connectivity index (χ2v) is 16.5. The quantitative estimate of drug-likeness (QED) is 0.104. The van der Waals surface area contributed by atoms with Gasteiger partial charge in [0.2, 0.25) is 0 Å². The molecule has 0 aromatic heterocycles. The molecule has 0 spiro atoms. The molecule has 0 amide bonds. The number of rotatable bonds is 14. The van der Waals surface area contributed by atoms with Gasteiger partial charge in [-0.1, -0.05) is 0 Å². The Bertz CT molecular complexity index is 1160. The first-order valence-corrected chi connectivity index (χ1v) is 18.6. The van der Waals surface area contributed by atoms with Crippen LogP contribution in [0.25, 0.3) is 0 Å². The molecule has 0 bridgehead atoms. The Morgan fingerprint density at radius 2 is 0.745 bits per heavy atom. The van der Waals surface area contributed by atoms with E-state index >= 15 is 0 Å². The molecule has 0 N–H and O–H groups in total. The number of allylic oxidation sites excluding steroid dienone is 2. The molecule has 7 nitrogen and oxygen atoms in total. The average Bonchev–Trinajstić information content (AvgIpc) is 2.83. The summed E-state index contributed by atoms with van der Waals surface area (Å²) in [5, 5.41) is 0. The fourth-order valence-corrected chi connectivity index (χ4v) is 5.11. The Morgan fingerprint density at radius 1 is 0.489 bits per heavy atom. The molecule has 0 aliphatic rings. The molecule has 0 radical (unpaired) electrons. The van der Waals surface area contributed by atoms with Gasteiger partial charge in [0.1, 0.15) is 0 Å². The third-order valence-electron chi connectivity index (χ3n) is 4.83. The van der Waals surface area contributed by atoms with Crippen LogP contribution < -0.4 is 0 Å². The summed E-state index contributed by atoms with van der Waals surface area (Å²) in [7, 11) is 0. The number of alkyl halides is 11. The summed E-state index contributed by atoms with van der Waals surface area (Å²) < 4.78 is 235. The third kappa shape index (κ3) is 11.4. The fourth-order valence-electron chi connectivity index (χ4n) is 2.75. The van der Waals surface area contributed by atoms with Crippen LogP contribution in [-0.2, 0) is 18.9 Å². The molecule has 0 heterocycles. The first-order chi connectivity index (χ1) is 20.9. The van der Waals surface area contributed by atoms with Crippen LogP contribution in [-0.4, -0.2) is 96.5 Å². The zero-order valence-corrected chi connectivity index (χ0v) is 30.0. The summed E-state index contributed by atoms with van der Waals surface area (Å²) in [4.78, 5) is 35.1. The molecule has 0 fully saturated rings. The van der Waals surface area contributed by atoms with Crippen molar-refractivity contribution in [3.8, 4) is 0 Å². The van der Waals surface area contributed by atoms with Crippen LogP contribution in [0.3, 0.4) is 0 Å². The van der Waals surface area contributed by atoms with E-state index in [0.717, 1.165) is 0 Å². The molecule has 47 heavy (non-hydrogen) atoms. The topological polar surface area (TPSA) is 88.1 Å². The van der Waals surface area contributed by atoms with E-state index in [9.17, 15) is 89.0 Å². The van der Waals surface area contributed by atoms with Crippen LogP contribution in [0.1, 0.15) is 13.8 Å². The monoisotopic (exact) mass is 1440 g/mol. The Labute approximate surface area is 236 Å². The maximum absolute atomic E-state index is 14.9. The van der Waals surface area contributed by atoms with Crippen LogP contribution in [0.5, 0.6) is 0 Å². The average molecular weight is 1440 g/mol. The molecule has 0 rings (SSSR count). The van der Waals surface area contributed by atoms with Crippen LogP contribution >= 0.6 is 0 Å². The van der Waals surface area contributed by atoms with E-state index in [1.165, 1.54) is 0 Å². The molecule has 2 atom stereocenters. The summed E-state index contributed by atoms with van der Waals surface area (Å²) >= 11 is 0. The van der Waals surface area contributed by atoms with E-state index in [2.05, 4.69) is 18.9 Å². The van der Waals surface area contributed by atoms with Crippen molar-refractivity contribution in [3.63, 3.8) is 0 Å². The Hall–Kier alpha value is -6.63. The summed E-state index contributed by atoms with van der Waals surface area (Å²) in [6, 6.07) is 0. The summed E-state index contributed by atoms with van der Waals surface area (Å²) in [5.74, 6) is -3.69. The van der Waals surface area contributed by atoms with Crippen LogP contribution in [0, 0.1) is 5.41 Å². The first-order valence-electron chi connectivity index (χ1n) is 10.7. The number of halogens is 17. The van der Waals surface area contributed by atoms with Crippen molar-refractivity contribution >= 4 is 40.2 Å². The van der Waals surface area contributed by atoms with Gasteiger partial charge in [-0.15, -0.1) is 0 Å². The molecular weight excluding hydrogens is 1430 g/mol. The van der Waals surface area contributed by atoms with E-state index in [-0.39, 0.29) is 0 Å². The Balaban J connectivity index is 7.62. The molecule has 2 unspecified atom stereocenters. The van der Waals surface area contributed by atoms with Crippen molar-refractivity contribution in [2.45, 2.75) is 43.7 Å². The molecule has 0 aliphatic heterocycles. The second-order valence-electron chi connectivity index (χ2n) is 8.31. The summed E-state index contributed by atoms with van der Waals surface area (Å²) in [6.07, 6.45) is -20.1. The van der Waals surface area contributed by atoms with Gasteiger partial charge in [-0.2, -0.15) is 0 Å². The van der Waals surface area contributed by atoms with Gasteiger partial charge in [0.15, 0.2) is 0 Å². The van der Waals surface area contributed by atoms with Gasteiger partial charge in [-0.25, -0.2) is 0 Å². The van der Waals surface area contributed by atoms with Gasteiger partial charge in [-0.05, 0) is 0 Å². The number of carbonyl (C=O) groups is 3. The number of hydrogen-bond donors (Lipinski definition) is 0. The molecule has 285 valence electrons. The van der Waals surface area contributed by atoms with Gasteiger partial charge in [-0.3, -0.25) is 0 Å². The molecule has 0 saturated carbocycles. The van der Waals surface area contributed by atoms with Crippen molar-refractivity contribution in [1.82, 2.24) is 0 Å². The van der Waals surface area contributed by atoms with Crippen LogP contribution in [0.4, 0.5) is 89.0 Å². The Morgan fingerprint density at radius 3 is 0.957 bits per heavy atom. The predicted molar refractivity (Wildman–Crippen MR) is 108 cm³/mol. The fraction of sp³-hybridized carbons (Fsp3) is 0.600. The standard InChI is InChI=1S/C17H14F11O7.3CF2.3Cf/c1-12(18,16(23,24)25)10(13(2,19)17(26,27)28)11(15(20,21)22)35-6-14(3-32-7-29,4-33-8-30)5-34-9-31;3*2-1-3;;;/h3-6H2,1-2H3;;;;;;. The molecule has 0 aliphatic carbocycles. The normalized spacial score (nSPS) is 14.5. The number of carbonyl (C=O) groups excluding carboxylic acids is 3. The van der Waals surface area contributed by atoms with Crippen LogP contribution in [0.2, 0.25) is 0 Å². The van der Waals surface area contributed by atoms with Crippen LogP contribution in [0.15, 0.2) is 11.3 Å². The van der Waals surface area contributed by atoms with Gasteiger partial charge < -0.3 is 0 Å². The van der Waals surface area contributed by atoms with E-state index in [0.29, 0.717) is 0 Å². The first kappa shape index (κ1) is 40.4. The SMILES string of the molecule is CC(F)(C(=C(OCC(CO[C](=O)[Cf]=[C](F)F)(CO[C](=O)[Cf]=[C](F)F)CO[C](=O)[Cf]=[C](F)F)C(F)(F)F)C(C)(F)C(F)(F)F)C(F)(F)F. The molecule has 0 aromatic rings. The maximum atomic E-state index is 14.9. The predicted octanol–water partition coefficient (Wildman–Crippen LogP) is 7.13. The Kier molecular flexibility index (Phi) is 12.0. The molecular formula is C20H14Cf3F17O7. The van der Waals surface area contributed by atoms with Crippen molar-refractivity contribution < 1.29 is 108 Å². The molecule has 0 saturated heterocycles. The van der Waals surface area contributed by atoms with E-state index < -0.39 is 127 Å². The van der Waals surface area contributed by atoms with Crippen molar-refractivity contribution in [3.05, 3.63) is 11.3 Å². The molecule has 0 aromatic carbocycles. The third-order valence-corrected chi connectivity index (χ3v) is 9.08. The van der Waals surface area contributed by atoms with E-state index in [1.807, 2.05) is 0 Å². The van der Waals surface area contributed by atoms with Gasteiger partial charge in [0.25, 0.3) is 0 Å². The van der Waals surface area contributed by atoms with E-state index in [4.69, 9.17) is 0 Å².